The molecule has 0 unspecified atom stereocenters. The second-order valence-electron chi connectivity index (χ2n) is 7.68. The van der Waals surface area contributed by atoms with Crippen LogP contribution < -0.4 is 5.32 Å². The minimum absolute atomic E-state index is 0. The standard InChI is InChI=1S/C14H17NO.C9H6O.C5H11NO.ClH/c1-2-13-4-6-14(7-5-13)12-15-8-3-10-16-11-9-15;1-2-8-3-5-9(7-10)6-4-8;1-2-6-3-5-7-4-1;/h1,4-7H,3,8-12H2;1,3-7H;6H,1-5H2;1H. The van der Waals surface area contributed by atoms with Gasteiger partial charge in [0.05, 0.1) is 13.2 Å². The van der Waals surface area contributed by atoms with Gasteiger partial charge in [-0.25, -0.2) is 0 Å². The van der Waals surface area contributed by atoms with Crippen molar-refractivity contribution >= 4 is 18.7 Å². The molecule has 0 amide bonds. The molecule has 0 aromatic heterocycles. The van der Waals surface area contributed by atoms with Crippen LogP contribution in [0.25, 0.3) is 0 Å². The Hall–Kier alpha value is -2.64. The van der Waals surface area contributed by atoms with E-state index in [9.17, 15) is 4.79 Å². The number of carbonyl (C=O) groups is 1. The van der Waals surface area contributed by atoms with E-state index < -0.39 is 0 Å². The topological polar surface area (TPSA) is 50.8 Å². The van der Waals surface area contributed by atoms with Crippen LogP contribution in [-0.2, 0) is 16.0 Å². The van der Waals surface area contributed by atoms with Crippen LogP contribution >= 0.6 is 12.4 Å². The fraction of sp³-hybridized carbons (Fsp3) is 0.393. The van der Waals surface area contributed by atoms with Gasteiger partial charge in [-0.05, 0) is 49.2 Å². The number of hydrogen-bond donors (Lipinski definition) is 1. The van der Waals surface area contributed by atoms with Gasteiger partial charge in [-0.1, -0.05) is 36.1 Å². The Balaban J connectivity index is 0.000000275. The largest absolute Gasteiger partial charge is 0.380 e. The van der Waals surface area contributed by atoms with Crippen molar-refractivity contribution < 1.29 is 14.3 Å². The van der Waals surface area contributed by atoms with Gasteiger partial charge >= 0.3 is 0 Å². The molecule has 2 saturated heterocycles. The average Bonchev–Trinajstić information content (AvgIpc) is 3.33. The first-order valence-corrected chi connectivity index (χ1v) is 11.4. The highest BCUT2D eigenvalue weighted by Gasteiger charge is 2.09. The lowest BCUT2D eigenvalue weighted by molar-refractivity contribution is 0.112. The summed E-state index contributed by atoms with van der Waals surface area (Å²) >= 11 is 0. The molecule has 182 valence electrons. The lowest BCUT2D eigenvalue weighted by Gasteiger charge is -2.18. The van der Waals surface area contributed by atoms with E-state index in [0.29, 0.717) is 5.56 Å². The zero-order valence-corrected chi connectivity index (χ0v) is 20.5. The third kappa shape index (κ3) is 12.6. The fourth-order valence-corrected chi connectivity index (χ4v) is 3.25. The normalized spacial score (nSPS) is 15.7. The number of halogens is 1. The lowest BCUT2D eigenvalue weighted by Crippen LogP contribution is -2.25. The van der Waals surface area contributed by atoms with Gasteiger partial charge in [0.15, 0.2) is 0 Å². The van der Waals surface area contributed by atoms with Crippen LogP contribution in [0, 0.1) is 24.7 Å². The minimum Gasteiger partial charge on any atom is -0.380 e. The van der Waals surface area contributed by atoms with Crippen molar-refractivity contribution in [2.24, 2.45) is 0 Å². The second kappa shape index (κ2) is 18.7. The monoisotopic (exact) mass is 482 g/mol. The Labute approximate surface area is 210 Å². The van der Waals surface area contributed by atoms with Gasteiger partial charge in [-0.2, -0.15) is 0 Å². The first-order chi connectivity index (χ1) is 16.2. The van der Waals surface area contributed by atoms with Crippen molar-refractivity contribution in [2.45, 2.75) is 19.4 Å². The van der Waals surface area contributed by atoms with E-state index in [2.05, 4.69) is 34.2 Å². The van der Waals surface area contributed by atoms with Crippen LogP contribution in [0.2, 0.25) is 0 Å². The summed E-state index contributed by atoms with van der Waals surface area (Å²) in [4.78, 5) is 12.6. The van der Waals surface area contributed by atoms with Gasteiger partial charge < -0.3 is 14.8 Å². The Morgan fingerprint density at radius 1 is 0.824 bits per heavy atom. The third-order valence-corrected chi connectivity index (χ3v) is 5.12. The molecule has 2 aliphatic heterocycles. The van der Waals surface area contributed by atoms with Gasteiger partial charge in [0.25, 0.3) is 0 Å². The van der Waals surface area contributed by atoms with E-state index in [1.807, 2.05) is 12.1 Å². The van der Waals surface area contributed by atoms with Crippen LogP contribution in [0.5, 0.6) is 0 Å². The first kappa shape index (κ1) is 29.4. The van der Waals surface area contributed by atoms with Crippen molar-refractivity contribution in [3.63, 3.8) is 0 Å². The molecule has 2 aromatic rings. The lowest BCUT2D eigenvalue weighted by atomic mass is 10.1. The molecule has 0 saturated carbocycles. The van der Waals surface area contributed by atoms with E-state index in [1.54, 1.807) is 24.3 Å². The maximum atomic E-state index is 10.2. The number of carbonyl (C=O) groups excluding carboxylic acids is 1. The summed E-state index contributed by atoms with van der Waals surface area (Å²) in [5.74, 6) is 5.10. The molecule has 0 atom stereocenters. The van der Waals surface area contributed by atoms with Crippen LogP contribution in [-0.4, -0.2) is 63.8 Å². The first-order valence-electron chi connectivity index (χ1n) is 11.4. The molecule has 0 radical (unpaired) electrons. The van der Waals surface area contributed by atoms with E-state index in [-0.39, 0.29) is 12.4 Å². The highest BCUT2D eigenvalue weighted by molar-refractivity contribution is 5.85. The Kier molecular flexibility index (Phi) is 16.2. The molecule has 2 aliphatic rings. The summed E-state index contributed by atoms with van der Waals surface area (Å²) in [5, 5.41) is 3.22. The van der Waals surface area contributed by atoms with Gasteiger partial charge in [0.1, 0.15) is 6.29 Å². The number of rotatable bonds is 3. The summed E-state index contributed by atoms with van der Waals surface area (Å²) in [5.41, 5.74) is 3.72. The quantitative estimate of drug-likeness (QED) is 0.533. The van der Waals surface area contributed by atoms with E-state index in [1.165, 1.54) is 12.0 Å². The van der Waals surface area contributed by atoms with E-state index in [0.717, 1.165) is 83.0 Å². The minimum atomic E-state index is 0. The summed E-state index contributed by atoms with van der Waals surface area (Å²) in [6.07, 6.45) is 13.5. The van der Waals surface area contributed by atoms with Crippen molar-refractivity contribution in [3.05, 3.63) is 70.8 Å². The zero-order valence-electron chi connectivity index (χ0n) is 19.7. The molecule has 0 spiro atoms. The van der Waals surface area contributed by atoms with Crippen LogP contribution in [0.1, 0.15) is 39.9 Å². The molecule has 1 N–H and O–H groups in total. The molecule has 6 heteroatoms. The number of ether oxygens (including phenoxy) is 2. The number of nitrogens with one attached hydrogen (secondary N) is 1. The Bertz CT molecular complexity index is 858. The van der Waals surface area contributed by atoms with E-state index >= 15 is 0 Å². The number of terminal acetylenes is 2. The number of nitrogens with zero attached hydrogens (tertiary/aromatic N) is 1. The predicted molar refractivity (Wildman–Crippen MR) is 140 cm³/mol. The second-order valence-corrected chi connectivity index (χ2v) is 7.68. The molecule has 0 bridgehead atoms. The van der Waals surface area contributed by atoms with Crippen LogP contribution in [0.15, 0.2) is 48.5 Å². The van der Waals surface area contributed by atoms with Crippen molar-refractivity contribution in [3.8, 4) is 24.7 Å². The highest BCUT2D eigenvalue weighted by atomic mass is 35.5. The number of hydrogen-bond acceptors (Lipinski definition) is 5. The van der Waals surface area contributed by atoms with Gasteiger partial charge in [0, 0.05) is 56.1 Å². The number of aldehydes is 1. The Morgan fingerprint density at radius 2 is 1.44 bits per heavy atom. The summed E-state index contributed by atoms with van der Waals surface area (Å²) in [6.45, 7) is 8.87. The maximum Gasteiger partial charge on any atom is 0.150 e. The number of benzene rings is 2. The molecule has 4 rings (SSSR count). The van der Waals surface area contributed by atoms with Crippen LogP contribution in [0.4, 0.5) is 0 Å². The van der Waals surface area contributed by atoms with Crippen molar-refractivity contribution in [2.75, 3.05) is 52.6 Å². The highest BCUT2D eigenvalue weighted by Crippen LogP contribution is 2.09. The van der Waals surface area contributed by atoms with Gasteiger partial charge in [0.2, 0.25) is 0 Å². The fourth-order valence-electron chi connectivity index (χ4n) is 3.25. The molecule has 2 heterocycles. The van der Waals surface area contributed by atoms with Crippen molar-refractivity contribution in [1.29, 1.82) is 0 Å². The molecular weight excluding hydrogens is 448 g/mol. The van der Waals surface area contributed by atoms with Crippen LogP contribution in [0.3, 0.4) is 0 Å². The molecule has 5 nitrogen and oxygen atoms in total. The third-order valence-electron chi connectivity index (χ3n) is 5.12. The average molecular weight is 483 g/mol. The van der Waals surface area contributed by atoms with E-state index in [4.69, 9.17) is 22.3 Å². The molecule has 2 fully saturated rings. The maximum absolute atomic E-state index is 10.2. The summed E-state index contributed by atoms with van der Waals surface area (Å²) in [6, 6.07) is 15.1. The van der Waals surface area contributed by atoms with Gasteiger partial charge in [-0.15, -0.1) is 25.3 Å². The van der Waals surface area contributed by atoms with Crippen molar-refractivity contribution in [1.82, 2.24) is 10.2 Å². The zero-order chi connectivity index (χ0) is 23.6. The molecular formula is C28H35ClN2O3. The predicted octanol–water partition coefficient (Wildman–Crippen LogP) is 3.79. The van der Waals surface area contributed by atoms with Gasteiger partial charge in [-0.3, -0.25) is 9.69 Å². The molecule has 0 aliphatic carbocycles. The summed E-state index contributed by atoms with van der Waals surface area (Å²) < 4.78 is 10.6. The molecule has 2 aromatic carbocycles. The smallest absolute Gasteiger partial charge is 0.150 e. The summed E-state index contributed by atoms with van der Waals surface area (Å²) in [7, 11) is 0. The molecule has 34 heavy (non-hydrogen) atoms. The SMILES string of the molecule is C#Cc1ccc(C=O)cc1.C#Cc1ccc(CN2CCCOCC2)cc1.C1CNCCOC1.Cl. The Morgan fingerprint density at radius 3 is 2.09 bits per heavy atom.